The van der Waals surface area contributed by atoms with E-state index in [4.69, 9.17) is 4.74 Å². The number of hydrogen-bond acceptors (Lipinski definition) is 3. The van der Waals surface area contributed by atoms with Crippen molar-refractivity contribution in [1.29, 1.82) is 0 Å². The summed E-state index contributed by atoms with van der Waals surface area (Å²) >= 11 is 0. The van der Waals surface area contributed by atoms with Crippen molar-refractivity contribution in [3.8, 4) is 5.69 Å². The van der Waals surface area contributed by atoms with Gasteiger partial charge in [0.2, 0.25) is 0 Å². The van der Waals surface area contributed by atoms with Crippen molar-refractivity contribution in [2.45, 2.75) is 13.0 Å². The lowest BCUT2D eigenvalue weighted by Crippen LogP contribution is -1.99. The molecule has 0 atom stereocenters. The topological polar surface area (TPSA) is 39.9 Å². The van der Waals surface area contributed by atoms with Crippen LogP contribution >= 0.6 is 0 Å². The molecule has 106 valence electrons. The second kappa shape index (κ2) is 6.81. The van der Waals surface area contributed by atoms with Crippen LogP contribution < -0.4 is 0 Å². The first-order valence-electron chi connectivity index (χ1n) is 6.97. The zero-order valence-corrected chi connectivity index (χ0v) is 11.7. The van der Waals surface area contributed by atoms with Crippen molar-refractivity contribution in [1.82, 2.24) is 14.8 Å². The summed E-state index contributed by atoms with van der Waals surface area (Å²) in [4.78, 5) is 0. The molecule has 0 spiro atoms. The summed E-state index contributed by atoms with van der Waals surface area (Å²) in [6.07, 6.45) is 4.30. The molecular formula is C17H17N3O. The van der Waals surface area contributed by atoms with Gasteiger partial charge in [0.15, 0.2) is 0 Å². The van der Waals surface area contributed by atoms with Gasteiger partial charge in [-0.3, -0.25) is 4.57 Å². The lowest BCUT2D eigenvalue weighted by molar-refractivity contribution is 0.124. The van der Waals surface area contributed by atoms with Gasteiger partial charge in [-0.1, -0.05) is 42.5 Å². The van der Waals surface area contributed by atoms with E-state index in [0.29, 0.717) is 6.61 Å². The largest absolute Gasteiger partial charge is 0.376 e. The zero-order chi connectivity index (χ0) is 14.3. The van der Waals surface area contributed by atoms with Crippen molar-refractivity contribution >= 4 is 0 Å². The molecule has 0 saturated carbocycles. The summed E-state index contributed by atoms with van der Waals surface area (Å²) in [6.45, 7) is 1.39. The summed E-state index contributed by atoms with van der Waals surface area (Å²) in [5.41, 5.74) is 3.54. The molecule has 0 aliphatic heterocycles. The first-order valence-corrected chi connectivity index (χ1v) is 6.97. The van der Waals surface area contributed by atoms with Crippen LogP contribution in [0.5, 0.6) is 0 Å². The fourth-order valence-corrected chi connectivity index (χ4v) is 2.12. The van der Waals surface area contributed by atoms with Crippen molar-refractivity contribution in [2.75, 3.05) is 6.61 Å². The molecule has 3 rings (SSSR count). The van der Waals surface area contributed by atoms with Crippen LogP contribution in [-0.4, -0.2) is 21.4 Å². The van der Waals surface area contributed by atoms with Gasteiger partial charge in [0.1, 0.15) is 12.7 Å². The standard InChI is InChI=1S/C17H17N3O/c1-2-4-16(5-3-1)12-21-11-10-15-6-8-17(9-7-15)20-13-18-19-14-20/h1-9,13-14H,10-12H2. The molecule has 0 amide bonds. The van der Waals surface area contributed by atoms with Gasteiger partial charge in [0.25, 0.3) is 0 Å². The Morgan fingerprint density at radius 2 is 1.52 bits per heavy atom. The molecule has 0 radical (unpaired) electrons. The summed E-state index contributed by atoms with van der Waals surface area (Å²) < 4.78 is 7.59. The Hall–Kier alpha value is -2.46. The van der Waals surface area contributed by atoms with E-state index in [2.05, 4.69) is 46.6 Å². The summed E-state index contributed by atoms with van der Waals surface area (Å²) in [7, 11) is 0. The summed E-state index contributed by atoms with van der Waals surface area (Å²) in [5, 5.41) is 7.61. The third-order valence-corrected chi connectivity index (χ3v) is 3.30. The summed E-state index contributed by atoms with van der Waals surface area (Å²) in [6, 6.07) is 18.6. The van der Waals surface area contributed by atoms with Crippen LogP contribution in [-0.2, 0) is 17.8 Å². The highest BCUT2D eigenvalue weighted by molar-refractivity contribution is 5.34. The fraction of sp³-hybridized carbons (Fsp3) is 0.176. The van der Waals surface area contributed by atoms with Crippen molar-refractivity contribution < 1.29 is 4.74 Å². The average molecular weight is 279 g/mol. The van der Waals surface area contributed by atoms with Gasteiger partial charge in [-0.15, -0.1) is 10.2 Å². The maximum atomic E-state index is 5.70. The minimum absolute atomic E-state index is 0.666. The molecule has 1 heterocycles. The van der Waals surface area contributed by atoms with Crippen LogP contribution in [0.2, 0.25) is 0 Å². The molecule has 0 aliphatic rings. The molecule has 0 fully saturated rings. The van der Waals surface area contributed by atoms with Crippen LogP contribution in [0.1, 0.15) is 11.1 Å². The second-order valence-electron chi connectivity index (χ2n) is 4.82. The molecule has 0 N–H and O–H groups in total. The van der Waals surface area contributed by atoms with Gasteiger partial charge in [-0.05, 0) is 29.7 Å². The number of aromatic nitrogens is 3. The van der Waals surface area contributed by atoms with Gasteiger partial charge < -0.3 is 4.74 Å². The highest BCUT2D eigenvalue weighted by Gasteiger charge is 1.98. The number of hydrogen-bond donors (Lipinski definition) is 0. The van der Waals surface area contributed by atoms with E-state index in [0.717, 1.165) is 18.7 Å². The SMILES string of the molecule is c1ccc(COCCc2ccc(-n3cnnc3)cc2)cc1. The smallest absolute Gasteiger partial charge is 0.123 e. The van der Waals surface area contributed by atoms with Gasteiger partial charge in [-0.25, -0.2) is 0 Å². The predicted molar refractivity (Wildman–Crippen MR) is 81.2 cm³/mol. The van der Waals surface area contributed by atoms with Gasteiger partial charge in [0, 0.05) is 5.69 Å². The van der Waals surface area contributed by atoms with Crippen LogP contribution in [0.25, 0.3) is 5.69 Å². The van der Waals surface area contributed by atoms with Crippen molar-refractivity contribution in [3.05, 3.63) is 78.4 Å². The summed E-state index contributed by atoms with van der Waals surface area (Å²) in [5.74, 6) is 0. The Bertz CT molecular complexity index is 648. The average Bonchev–Trinajstić information content (AvgIpc) is 3.08. The maximum Gasteiger partial charge on any atom is 0.123 e. The van der Waals surface area contributed by atoms with E-state index in [-0.39, 0.29) is 0 Å². The van der Waals surface area contributed by atoms with Crippen molar-refractivity contribution in [3.63, 3.8) is 0 Å². The Kier molecular flexibility index (Phi) is 4.39. The Morgan fingerprint density at radius 3 is 2.24 bits per heavy atom. The highest BCUT2D eigenvalue weighted by Crippen LogP contribution is 2.09. The minimum atomic E-state index is 0.666. The molecule has 0 aliphatic carbocycles. The number of rotatable bonds is 6. The third-order valence-electron chi connectivity index (χ3n) is 3.30. The third kappa shape index (κ3) is 3.77. The van der Waals surface area contributed by atoms with E-state index in [1.54, 1.807) is 12.7 Å². The minimum Gasteiger partial charge on any atom is -0.376 e. The van der Waals surface area contributed by atoms with E-state index in [9.17, 15) is 0 Å². The molecule has 21 heavy (non-hydrogen) atoms. The van der Waals surface area contributed by atoms with Gasteiger partial charge in [0.05, 0.1) is 13.2 Å². The molecule has 2 aromatic carbocycles. The quantitative estimate of drug-likeness (QED) is 0.651. The lowest BCUT2D eigenvalue weighted by atomic mass is 10.1. The van der Waals surface area contributed by atoms with E-state index in [1.165, 1.54) is 11.1 Å². The monoisotopic (exact) mass is 279 g/mol. The van der Waals surface area contributed by atoms with Gasteiger partial charge >= 0.3 is 0 Å². The predicted octanol–water partition coefficient (Wildman–Crippen LogP) is 3.03. The Morgan fingerprint density at radius 1 is 0.810 bits per heavy atom. The molecule has 4 heteroatoms. The molecular weight excluding hydrogens is 262 g/mol. The molecule has 0 bridgehead atoms. The lowest BCUT2D eigenvalue weighted by Gasteiger charge is -2.06. The zero-order valence-electron chi connectivity index (χ0n) is 11.7. The second-order valence-corrected chi connectivity index (χ2v) is 4.82. The fourth-order valence-electron chi connectivity index (χ4n) is 2.12. The van der Waals surface area contributed by atoms with Crippen LogP contribution in [0.4, 0.5) is 0 Å². The van der Waals surface area contributed by atoms with Crippen molar-refractivity contribution in [2.24, 2.45) is 0 Å². The number of ether oxygens (including phenoxy) is 1. The van der Waals surface area contributed by atoms with E-state index >= 15 is 0 Å². The first-order chi connectivity index (χ1) is 10.4. The molecule has 3 aromatic rings. The van der Waals surface area contributed by atoms with Crippen LogP contribution in [0.3, 0.4) is 0 Å². The number of nitrogens with zero attached hydrogens (tertiary/aromatic N) is 3. The maximum absolute atomic E-state index is 5.70. The molecule has 1 aromatic heterocycles. The molecule has 0 unspecified atom stereocenters. The molecule has 0 saturated heterocycles. The molecule has 4 nitrogen and oxygen atoms in total. The van der Waals surface area contributed by atoms with E-state index < -0.39 is 0 Å². The van der Waals surface area contributed by atoms with E-state index in [1.807, 2.05) is 22.8 Å². The highest BCUT2D eigenvalue weighted by atomic mass is 16.5. The Labute approximate surface area is 124 Å². The number of benzene rings is 2. The van der Waals surface area contributed by atoms with Gasteiger partial charge in [-0.2, -0.15) is 0 Å². The van der Waals surface area contributed by atoms with Crippen LogP contribution in [0, 0.1) is 0 Å². The normalized spacial score (nSPS) is 10.7. The Balaban J connectivity index is 1.47. The van der Waals surface area contributed by atoms with Crippen LogP contribution in [0.15, 0.2) is 67.3 Å². The first kappa shape index (κ1) is 13.5.